The van der Waals surface area contributed by atoms with Gasteiger partial charge in [-0.1, -0.05) is 42.5 Å². The number of phenolic OH excluding ortho intramolecular Hbond substituents is 1. The van der Waals surface area contributed by atoms with E-state index >= 15 is 0 Å². The summed E-state index contributed by atoms with van der Waals surface area (Å²) in [6, 6.07) is 16.6. The molecule has 24 heavy (non-hydrogen) atoms. The molecular formula is C19H20N2O3. The molecule has 0 aliphatic heterocycles. The molecular weight excluding hydrogens is 304 g/mol. The minimum Gasteiger partial charge on any atom is -0.507 e. The highest BCUT2D eigenvalue weighted by Crippen LogP contribution is 2.55. The van der Waals surface area contributed by atoms with Crippen LogP contribution in [0.15, 0.2) is 59.7 Å². The van der Waals surface area contributed by atoms with Crippen molar-refractivity contribution in [1.29, 1.82) is 0 Å². The predicted octanol–water partition coefficient (Wildman–Crippen LogP) is 2.79. The summed E-state index contributed by atoms with van der Waals surface area (Å²) < 4.78 is 5.89. The molecule has 5 nitrogen and oxygen atoms in total. The van der Waals surface area contributed by atoms with Gasteiger partial charge in [0.15, 0.2) is 0 Å². The first-order chi connectivity index (χ1) is 11.7. The first-order valence-electron chi connectivity index (χ1n) is 7.98. The molecule has 2 N–H and O–H groups in total. The third-order valence-electron chi connectivity index (χ3n) is 4.21. The second-order valence-electron chi connectivity index (χ2n) is 5.74. The summed E-state index contributed by atoms with van der Waals surface area (Å²) in [5.41, 5.74) is 3.55. The number of rotatable bonds is 6. The first-order valence-corrected chi connectivity index (χ1v) is 7.98. The quantitative estimate of drug-likeness (QED) is 0.634. The maximum atomic E-state index is 12.4. The minimum atomic E-state index is -0.551. The van der Waals surface area contributed by atoms with Crippen molar-refractivity contribution in [3.05, 3.63) is 65.7 Å². The molecule has 124 valence electrons. The van der Waals surface area contributed by atoms with Gasteiger partial charge in [-0.05, 0) is 31.0 Å². The molecule has 0 spiro atoms. The number of hydrogen-bond donors (Lipinski definition) is 2. The Morgan fingerprint density at radius 2 is 2.00 bits per heavy atom. The van der Waals surface area contributed by atoms with E-state index in [9.17, 15) is 9.90 Å². The smallest absolute Gasteiger partial charge is 0.246 e. The number of ether oxygens (including phenoxy) is 1. The lowest BCUT2D eigenvalue weighted by atomic mass is 10.1. The highest BCUT2D eigenvalue weighted by molar-refractivity contribution is 5.87. The Hall–Kier alpha value is -2.66. The Balaban J connectivity index is 1.67. The molecule has 0 radical (unpaired) electrons. The lowest BCUT2D eigenvalue weighted by molar-refractivity contribution is -0.124. The summed E-state index contributed by atoms with van der Waals surface area (Å²) >= 11 is 0. The molecule has 1 fully saturated rings. The fourth-order valence-electron chi connectivity index (χ4n) is 2.93. The van der Waals surface area contributed by atoms with E-state index in [2.05, 4.69) is 10.5 Å². The number of amides is 1. The highest BCUT2D eigenvalue weighted by Gasteiger charge is 2.60. The van der Waals surface area contributed by atoms with Gasteiger partial charge in [-0.15, -0.1) is 0 Å². The van der Waals surface area contributed by atoms with E-state index in [1.54, 1.807) is 24.3 Å². The molecule has 0 bridgehead atoms. The van der Waals surface area contributed by atoms with Crippen LogP contribution >= 0.6 is 0 Å². The van der Waals surface area contributed by atoms with E-state index in [1.165, 1.54) is 6.21 Å². The lowest BCUT2D eigenvalue weighted by Crippen LogP contribution is -2.26. The Morgan fingerprint density at radius 1 is 1.29 bits per heavy atom. The van der Waals surface area contributed by atoms with Crippen molar-refractivity contribution in [2.45, 2.75) is 18.9 Å². The molecule has 0 aromatic heterocycles. The maximum Gasteiger partial charge on any atom is 0.246 e. The molecule has 1 saturated carbocycles. The summed E-state index contributed by atoms with van der Waals surface area (Å²) in [5.74, 6) is -0.324. The topological polar surface area (TPSA) is 70.9 Å². The Kier molecular flexibility index (Phi) is 4.62. The van der Waals surface area contributed by atoms with Crippen molar-refractivity contribution in [3.8, 4) is 5.75 Å². The Morgan fingerprint density at radius 3 is 2.71 bits per heavy atom. The average Bonchev–Trinajstić information content (AvgIpc) is 3.33. The number of aromatic hydroxyl groups is 1. The maximum absolute atomic E-state index is 12.4. The van der Waals surface area contributed by atoms with Crippen molar-refractivity contribution in [3.63, 3.8) is 0 Å². The molecule has 0 saturated heterocycles. The zero-order chi connectivity index (χ0) is 17.0. The molecule has 1 amide bonds. The second-order valence-corrected chi connectivity index (χ2v) is 5.74. The summed E-state index contributed by atoms with van der Waals surface area (Å²) in [6.45, 7) is 2.47. The number of para-hydroxylation sites is 1. The van der Waals surface area contributed by atoms with Crippen LogP contribution in [0.1, 0.15) is 24.5 Å². The molecule has 1 aliphatic rings. The van der Waals surface area contributed by atoms with Gasteiger partial charge in [-0.3, -0.25) is 4.79 Å². The van der Waals surface area contributed by atoms with E-state index in [0.717, 1.165) is 5.56 Å². The third-order valence-corrected chi connectivity index (χ3v) is 4.21. The minimum absolute atomic E-state index is 0.120. The van der Waals surface area contributed by atoms with Crippen LogP contribution in [0.4, 0.5) is 0 Å². The number of nitrogens with zero attached hydrogens (tertiary/aromatic N) is 1. The van der Waals surface area contributed by atoms with Gasteiger partial charge in [0.05, 0.1) is 12.1 Å². The summed E-state index contributed by atoms with van der Waals surface area (Å²) in [6.07, 6.45) is 2.07. The molecule has 2 aromatic carbocycles. The van der Waals surface area contributed by atoms with Gasteiger partial charge >= 0.3 is 0 Å². The number of benzene rings is 2. The summed E-state index contributed by atoms with van der Waals surface area (Å²) in [7, 11) is 0. The standard InChI is InChI=1S/C19H20N2O3/c1-2-24-19(15-9-4-3-5-10-15)12-16(19)18(23)21-20-13-14-8-6-7-11-17(14)22/h3-11,13,16,22H,2,12H2,1H3,(H,21,23)/b20-13+. The van der Waals surface area contributed by atoms with Gasteiger partial charge in [0.1, 0.15) is 11.4 Å². The summed E-state index contributed by atoms with van der Waals surface area (Å²) in [5, 5.41) is 13.6. The zero-order valence-corrected chi connectivity index (χ0v) is 13.5. The van der Waals surface area contributed by atoms with Crippen LogP contribution in [-0.2, 0) is 15.1 Å². The van der Waals surface area contributed by atoms with E-state index in [4.69, 9.17) is 4.74 Å². The molecule has 2 aromatic rings. The van der Waals surface area contributed by atoms with Gasteiger partial charge in [0.2, 0.25) is 5.91 Å². The second kappa shape index (κ2) is 6.84. The molecule has 0 heterocycles. The van der Waals surface area contributed by atoms with Crippen LogP contribution in [-0.4, -0.2) is 23.8 Å². The van der Waals surface area contributed by atoms with Crippen molar-refractivity contribution in [2.75, 3.05) is 6.61 Å². The van der Waals surface area contributed by atoms with Gasteiger partial charge < -0.3 is 9.84 Å². The monoisotopic (exact) mass is 324 g/mol. The highest BCUT2D eigenvalue weighted by atomic mass is 16.5. The van der Waals surface area contributed by atoms with Gasteiger partial charge in [-0.2, -0.15) is 5.10 Å². The van der Waals surface area contributed by atoms with E-state index in [0.29, 0.717) is 18.6 Å². The molecule has 2 unspecified atom stereocenters. The molecule has 3 rings (SSSR count). The number of nitrogens with one attached hydrogen (secondary N) is 1. The van der Waals surface area contributed by atoms with Gasteiger partial charge in [-0.25, -0.2) is 5.43 Å². The SMILES string of the molecule is CCOC1(c2ccccc2)CC1C(=O)N/N=C/c1ccccc1O. The number of carbonyl (C=O) groups is 1. The fraction of sp³-hybridized carbons (Fsp3) is 0.263. The van der Waals surface area contributed by atoms with Crippen LogP contribution in [0, 0.1) is 5.92 Å². The van der Waals surface area contributed by atoms with Crippen LogP contribution in [0.2, 0.25) is 0 Å². The molecule has 1 aliphatic carbocycles. The van der Waals surface area contributed by atoms with Crippen molar-refractivity contribution in [1.82, 2.24) is 5.43 Å². The van der Waals surface area contributed by atoms with Crippen LogP contribution < -0.4 is 5.43 Å². The number of phenols is 1. The van der Waals surface area contributed by atoms with Crippen molar-refractivity contribution in [2.24, 2.45) is 11.0 Å². The van der Waals surface area contributed by atoms with Crippen molar-refractivity contribution < 1.29 is 14.6 Å². The first kappa shape index (κ1) is 16.2. The number of carbonyl (C=O) groups excluding carboxylic acids is 1. The Labute approximate surface area is 141 Å². The fourth-order valence-corrected chi connectivity index (χ4v) is 2.93. The van der Waals surface area contributed by atoms with Crippen LogP contribution in [0.3, 0.4) is 0 Å². The third kappa shape index (κ3) is 3.16. The lowest BCUT2D eigenvalue weighted by Gasteiger charge is -2.17. The van der Waals surface area contributed by atoms with Gasteiger partial charge in [0.25, 0.3) is 0 Å². The largest absolute Gasteiger partial charge is 0.507 e. The molecule has 5 heteroatoms. The van der Waals surface area contributed by atoms with Crippen LogP contribution in [0.25, 0.3) is 0 Å². The predicted molar refractivity (Wildman–Crippen MR) is 91.7 cm³/mol. The van der Waals surface area contributed by atoms with Crippen LogP contribution in [0.5, 0.6) is 5.75 Å². The van der Waals surface area contributed by atoms with E-state index in [1.807, 2.05) is 37.3 Å². The normalized spacial score (nSPS) is 22.5. The Bertz CT molecular complexity index is 745. The van der Waals surface area contributed by atoms with Crippen molar-refractivity contribution >= 4 is 12.1 Å². The zero-order valence-electron chi connectivity index (χ0n) is 13.5. The van der Waals surface area contributed by atoms with E-state index in [-0.39, 0.29) is 17.6 Å². The van der Waals surface area contributed by atoms with E-state index < -0.39 is 5.60 Å². The average molecular weight is 324 g/mol. The summed E-state index contributed by atoms with van der Waals surface area (Å²) in [4.78, 5) is 12.4. The number of hydrazone groups is 1. The van der Waals surface area contributed by atoms with Gasteiger partial charge in [0, 0.05) is 12.2 Å². The number of hydrogen-bond acceptors (Lipinski definition) is 4. The molecule has 2 atom stereocenters.